The molecule has 0 aliphatic rings. The number of amides is 1. The summed E-state index contributed by atoms with van der Waals surface area (Å²) in [6, 6.07) is 18.9. The Kier molecular flexibility index (Phi) is 5.66. The highest BCUT2D eigenvalue weighted by molar-refractivity contribution is 6.35. The number of carbonyl (C=O) groups excluding carboxylic acids is 1. The minimum absolute atomic E-state index is 0.224. The summed E-state index contributed by atoms with van der Waals surface area (Å²) in [5, 5.41) is 3.79. The molecule has 132 valence electrons. The third-order valence-corrected chi connectivity index (χ3v) is 4.10. The van der Waals surface area contributed by atoms with Gasteiger partial charge in [0.2, 0.25) is 0 Å². The van der Waals surface area contributed by atoms with Gasteiger partial charge in [0.1, 0.15) is 17.2 Å². The second-order valence-electron chi connectivity index (χ2n) is 5.39. The van der Waals surface area contributed by atoms with Crippen molar-refractivity contribution in [2.75, 3.05) is 12.4 Å². The van der Waals surface area contributed by atoms with Crippen LogP contribution in [0.25, 0.3) is 0 Å². The van der Waals surface area contributed by atoms with Gasteiger partial charge in [-0.15, -0.1) is 0 Å². The Bertz CT molecular complexity index is 927. The van der Waals surface area contributed by atoms with Crippen LogP contribution in [0.5, 0.6) is 17.2 Å². The normalized spacial score (nSPS) is 10.3. The number of carbonyl (C=O) groups is 1. The molecule has 4 nitrogen and oxygen atoms in total. The molecular formula is C20H15Cl2NO3. The quantitative estimate of drug-likeness (QED) is 0.579. The average molecular weight is 388 g/mol. The van der Waals surface area contributed by atoms with Crippen molar-refractivity contribution in [1.29, 1.82) is 0 Å². The van der Waals surface area contributed by atoms with E-state index in [9.17, 15) is 4.79 Å². The first-order valence-corrected chi connectivity index (χ1v) is 8.49. The van der Waals surface area contributed by atoms with Crippen molar-refractivity contribution in [2.24, 2.45) is 0 Å². The van der Waals surface area contributed by atoms with Gasteiger partial charge < -0.3 is 14.8 Å². The van der Waals surface area contributed by atoms with E-state index in [1.807, 2.05) is 0 Å². The van der Waals surface area contributed by atoms with Crippen molar-refractivity contribution >= 4 is 34.8 Å². The molecule has 0 aliphatic carbocycles. The zero-order chi connectivity index (χ0) is 18.5. The van der Waals surface area contributed by atoms with Crippen LogP contribution in [0.2, 0.25) is 10.0 Å². The molecule has 0 spiro atoms. The third-order valence-electron chi connectivity index (χ3n) is 3.57. The van der Waals surface area contributed by atoms with Crippen molar-refractivity contribution in [3.05, 3.63) is 82.3 Å². The molecule has 0 fully saturated rings. The number of methoxy groups -OCH3 is 1. The molecule has 3 rings (SSSR count). The lowest BCUT2D eigenvalue weighted by Crippen LogP contribution is -2.11. The Hall–Kier alpha value is -2.69. The second-order valence-corrected chi connectivity index (χ2v) is 6.23. The highest BCUT2D eigenvalue weighted by atomic mass is 35.5. The first-order chi connectivity index (χ1) is 12.5. The van der Waals surface area contributed by atoms with Crippen molar-refractivity contribution in [3.8, 4) is 17.2 Å². The van der Waals surface area contributed by atoms with Crippen LogP contribution in [0.3, 0.4) is 0 Å². The van der Waals surface area contributed by atoms with E-state index in [0.717, 1.165) is 0 Å². The summed E-state index contributed by atoms with van der Waals surface area (Å²) in [4.78, 5) is 12.3. The maximum absolute atomic E-state index is 12.3. The van der Waals surface area contributed by atoms with Crippen LogP contribution < -0.4 is 14.8 Å². The molecule has 26 heavy (non-hydrogen) atoms. The van der Waals surface area contributed by atoms with Gasteiger partial charge in [0.05, 0.1) is 12.1 Å². The fourth-order valence-electron chi connectivity index (χ4n) is 2.26. The first kappa shape index (κ1) is 18.1. The van der Waals surface area contributed by atoms with Gasteiger partial charge in [-0.25, -0.2) is 0 Å². The van der Waals surface area contributed by atoms with E-state index in [0.29, 0.717) is 38.5 Å². The van der Waals surface area contributed by atoms with Crippen molar-refractivity contribution in [3.63, 3.8) is 0 Å². The molecule has 0 saturated heterocycles. The smallest absolute Gasteiger partial charge is 0.255 e. The predicted octanol–water partition coefficient (Wildman–Crippen LogP) is 6.05. The second kappa shape index (κ2) is 8.13. The summed E-state index contributed by atoms with van der Waals surface area (Å²) in [6.07, 6.45) is 0. The predicted molar refractivity (Wildman–Crippen MR) is 104 cm³/mol. The molecule has 0 bridgehead atoms. The highest BCUT2D eigenvalue weighted by Gasteiger charge is 2.08. The molecule has 0 heterocycles. The van der Waals surface area contributed by atoms with E-state index in [2.05, 4.69) is 5.32 Å². The third kappa shape index (κ3) is 4.48. The number of rotatable bonds is 5. The Morgan fingerprint density at radius 3 is 2.38 bits per heavy atom. The number of nitrogens with one attached hydrogen (secondary N) is 1. The maximum Gasteiger partial charge on any atom is 0.255 e. The highest BCUT2D eigenvalue weighted by Crippen LogP contribution is 2.32. The molecule has 0 atom stereocenters. The van der Waals surface area contributed by atoms with Gasteiger partial charge in [-0.05, 0) is 60.7 Å². The molecule has 3 aromatic carbocycles. The summed E-state index contributed by atoms with van der Waals surface area (Å²) in [6.45, 7) is 0. The maximum atomic E-state index is 12.3. The molecule has 0 aromatic heterocycles. The summed E-state index contributed by atoms with van der Waals surface area (Å²) < 4.78 is 10.8. The molecule has 0 unspecified atom stereocenters. The van der Waals surface area contributed by atoms with E-state index < -0.39 is 0 Å². The number of halogens is 2. The van der Waals surface area contributed by atoms with E-state index in [1.54, 1.807) is 73.8 Å². The van der Waals surface area contributed by atoms with E-state index in [-0.39, 0.29) is 5.91 Å². The van der Waals surface area contributed by atoms with Gasteiger partial charge >= 0.3 is 0 Å². The Labute approximate surface area is 161 Å². The minimum Gasteiger partial charge on any atom is -0.497 e. The lowest BCUT2D eigenvalue weighted by Gasteiger charge is -2.10. The van der Waals surface area contributed by atoms with Crippen molar-refractivity contribution < 1.29 is 14.3 Å². The lowest BCUT2D eigenvalue weighted by molar-refractivity contribution is 0.102. The molecule has 0 saturated carbocycles. The monoisotopic (exact) mass is 387 g/mol. The average Bonchev–Trinajstić information content (AvgIpc) is 2.65. The number of anilines is 1. The Morgan fingerprint density at radius 2 is 1.69 bits per heavy atom. The van der Waals surface area contributed by atoms with Crippen LogP contribution in [0, 0.1) is 0 Å². The zero-order valence-electron chi connectivity index (χ0n) is 13.8. The summed E-state index contributed by atoms with van der Waals surface area (Å²) in [7, 11) is 1.56. The summed E-state index contributed by atoms with van der Waals surface area (Å²) in [5.74, 6) is 1.50. The van der Waals surface area contributed by atoms with Crippen LogP contribution in [0.15, 0.2) is 66.7 Å². The fraction of sp³-hybridized carbons (Fsp3) is 0.0500. The number of benzene rings is 3. The van der Waals surface area contributed by atoms with Crippen molar-refractivity contribution in [2.45, 2.75) is 0 Å². The lowest BCUT2D eigenvalue weighted by atomic mass is 10.2. The molecule has 1 N–H and O–H groups in total. The first-order valence-electron chi connectivity index (χ1n) is 7.73. The van der Waals surface area contributed by atoms with Gasteiger partial charge in [0.25, 0.3) is 5.91 Å². The van der Waals surface area contributed by atoms with Crippen LogP contribution in [-0.2, 0) is 0 Å². The minimum atomic E-state index is -0.224. The topological polar surface area (TPSA) is 47.6 Å². The van der Waals surface area contributed by atoms with Gasteiger partial charge in [0, 0.05) is 16.3 Å². The Morgan fingerprint density at radius 1 is 0.923 bits per heavy atom. The molecule has 0 aliphatic heterocycles. The number of hydrogen-bond donors (Lipinski definition) is 1. The number of ether oxygens (including phenoxy) is 2. The molecule has 3 aromatic rings. The molecular weight excluding hydrogens is 373 g/mol. The number of hydrogen-bond acceptors (Lipinski definition) is 3. The standard InChI is InChI=1S/C20H15Cl2NO3/c1-25-17-4-2-3-13(11-17)20(24)23-15-6-8-16(9-7-15)26-19-10-5-14(21)12-18(19)22/h2-12H,1H3,(H,23,24). The van der Waals surface area contributed by atoms with E-state index in [4.69, 9.17) is 32.7 Å². The fourth-order valence-corrected chi connectivity index (χ4v) is 2.71. The van der Waals surface area contributed by atoms with E-state index in [1.165, 1.54) is 0 Å². The SMILES string of the molecule is COc1cccc(C(=O)Nc2ccc(Oc3ccc(Cl)cc3Cl)cc2)c1. The molecule has 6 heteroatoms. The zero-order valence-corrected chi connectivity index (χ0v) is 15.3. The van der Waals surface area contributed by atoms with Gasteiger partial charge in [-0.3, -0.25) is 4.79 Å². The molecule has 1 amide bonds. The van der Waals surface area contributed by atoms with Gasteiger partial charge in [-0.2, -0.15) is 0 Å². The summed E-state index contributed by atoms with van der Waals surface area (Å²) in [5.41, 5.74) is 1.16. The Balaban J connectivity index is 1.68. The van der Waals surface area contributed by atoms with Gasteiger partial charge in [-0.1, -0.05) is 29.3 Å². The van der Waals surface area contributed by atoms with E-state index >= 15 is 0 Å². The van der Waals surface area contributed by atoms with Crippen LogP contribution >= 0.6 is 23.2 Å². The van der Waals surface area contributed by atoms with Crippen LogP contribution in [-0.4, -0.2) is 13.0 Å². The van der Waals surface area contributed by atoms with Crippen LogP contribution in [0.4, 0.5) is 5.69 Å². The van der Waals surface area contributed by atoms with Crippen LogP contribution in [0.1, 0.15) is 10.4 Å². The summed E-state index contributed by atoms with van der Waals surface area (Å²) >= 11 is 12.0. The molecule has 0 radical (unpaired) electrons. The largest absolute Gasteiger partial charge is 0.497 e. The van der Waals surface area contributed by atoms with Gasteiger partial charge in [0.15, 0.2) is 0 Å². The van der Waals surface area contributed by atoms with Crippen molar-refractivity contribution in [1.82, 2.24) is 0 Å².